The molecule has 0 amide bonds. The van der Waals surface area contributed by atoms with Gasteiger partial charge in [-0.15, -0.1) is 0 Å². The molecule has 2 aromatic heterocycles. The summed E-state index contributed by atoms with van der Waals surface area (Å²) < 4.78 is 1.99. The second-order valence-corrected chi connectivity index (χ2v) is 4.41. The van der Waals surface area contributed by atoms with Crippen molar-refractivity contribution >= 4 is 0 Å². The lowest BCUT2D eigenvalue weighted by molar-refractivity contribution is 0.671. The minimum atomic E-state index is 1.03. The Hall–Kier alpha value is -1.64. The van der Waals surface area contributed by atoms with E-state index < -0.39 is 0 Å². The van der Waals surface area contributed by atoms with E-state index in [1.807, 2.05) is 23.9 Å². The van der Waals surface area contributed by atoms with E-state index >= 15 is 0 Å². The summed E-state index contributed by atoms with van der Waals surface area (Å²) in [5.74, 6) is 0. The van der Waals surface area contributed by atoms with Gasteiger partial charge in [-0.2, -0.15) is 5.10 Å². The van der Waals surface area contributed by atoms with Crippen LogP contribution >= 0.6 is 0 Å². The Labute approximate surface area is 95.1 Å². The van der Waals surface area contributed by atoms with Gasteiger partial charge >= 0.3 is 0 Å². The fourth-order valence-electron chi connectivity index (χ4n) is 2.28. The lowest BCUT2D eigenvalue weighted by Gasteiger charge is -2.06. The zero-order valence-electron chi connectivity index (χ0n) is 9.48. The number of pyridine rings is 1. The number of hydrogen-bond acceptors (Lipinski definition) is 2. The van der Waals surface area contributed by atoms with Gasteiger partial charge < -0.3 is 0 Å². The quantitative estimate of drug-likeness (QED) is 0.728. The molecule has 0 bridgehead atoms. The van der Waals surface area contributed by atoms with Crippen molar-refractivity contribution in [2.24, 2.45) is 0 Å². The first-order valence-corrected chi connectivity index (χ1v) is 5.83. The highest BCUT2D eigenvalue weighted by atomic mass is 15.3. The summed E-state index contributed by atoms with van der Waals surface area (Å²) in [6, 6.07) is 4.07. The summed E-state index contributed by atoms with van der Waals surface area (Å²) in [4.78, 5) is 4.21. The minimum Gasteiger partial charge on any atom is -0.261 e. The molecule has 16 heavy (non-hydrogen) atoms. The van der Waals surface area contributed by atoms with Crippen LogP contribution in [0, 0.1) is 6.92 Å². The minimum absolute atomic E-state index is 1.03. The van der Waals surface area contributed by atoms with Crippen LogP contribution in [0.15, 0.2) is 24.5 Å². The first-order valence-electron chi connectivity index (χ1n) is 5.83. The van der Waals surface area contributed by atoms with Crippen LogP contribution in [0.25, 0.3) is 5.69 Å². The van der Waals surface area contributed by atoms with Gasteiger partial charge in [0.2, 0.25) is 0 Å². The smallest absolute Gasteiger partial charge is 0.0679 e. The summed E-state index contributed by atoms with van der Waals surface area (Å²) in [5, 5.41) is 4.65. The third kappa shape index (κ3) is 1.62. The van der Waals surface area contributed by atoms with Crippen LogP contribution < -0.4 is 0 Å². The maximum Gasteiger partial charge on any atom is 0.0679 e. The molecule has 3 nitrogen and oxygen atoms in total. The molecule has 1 aliphatic carbocycles. The molecule has 1 aliphatic rings. The summed E-state index contributed by atoms with van der Waals surface area (Å²) in [7, 11) is 0. The van der Waals surface area contributed by atoms with Crippen molar-refractivity contribution in [1.29, 1.82) is 0 Å². The third-order valence-corrected chi connectivity index (χ3v) is 3.13. The van der Waals surface area contributed by atoms with Gasteiger partial charge in [0, 0.05) is 18.1 Å². The summed E-state index contributed by atoms with van der Waals surface area (Å²) >= 11 is 0. The number of rotatable bonds is 1. The fraction of sp³-hybridized carbons (Fsp3) is 0.385. The van der Waals surface area contributed by atoms with E-state index in [2.05, 4.69) is 22.3 Å². The summed E-state index contributed by atoms with van der Waals surface area (Å²) in [6.07, 6.45) is 8.90. The van der Waals surface area contributed by atoms with Crippen LogP contribution in [0.5, 0.6) is 0 Å². The summed E-state index contributed by atoms with van der Waals surface area (Å²) in [6.45, 7) is 2.01. The lowest BCUT2D eigenvalue weighted by Crippen LogP contribution is -2.00. The van der Waals surface area contributed by atoms with Gasteiger partial charge in [-0.25, -0.2) is 4.68 Å². The number of fused-ring (bicyclic) bond motifs is 1. The fourth-order valence-corrected chi connectivity index (χ4v) is 2.28. The van der Waals surface area contributed by atoms with Gasteiger partial charge in [0.1, 0.15) is 0 Å². The Morgan fingerprint density at radius 2 is 2.12 bits per heavy atom. The molecule has 0 unspecified atom stereocenters. The second kappa shape index (κ2) is 3.74. The topological polar surface area (TPSA) is 30.7 Å². The first-order chi connectivity index (χ1) is 7.83. The Kier molecular flexibility index (Phi) is 2.24. The van der Waals surface area contributed by atoms with Crippen LogP contribution in [0.4, 0.5) is 0 Å². The van der Waals surface area contributed by atoms with Crippen LogP contribution in [-0.2, 0) is 12.8 Å². The van der Waals surface area contributed by atoms with E-state index in [0.717, 1.165) is 17.8 Å². The number of aryl methyl sites for hydroxylation is 3. The molecule has 2 aromatic rings. The van der Waals surface area contributed by atoms with E-state index in [1.54, 1.807) is 0 Å². The molecule has 3 heteroatoms. The van der Waals surface area contributed by atoms with E-state index in [1.165, 1.54) is 30.5 Å². The molecular weight excluding hydrogens is 198 g/mol. The number of nitrogens with zero attached hydrogens (tertiary/aromatic N) is 3. The normalized spacial score (nSPS) is 14.8. The molecule has 0 aliphatic heterocycles. The molecule has 0 saturated heterocycles. The highest BCUT2D eigenvalue weighted by Crippen LogP contribution is 2.21. The molecule has 3 rings (SSSR count). The second-order valence-electron chi connectivity index (χ2n) is 4.41. The number of aromatic nitrogens is 3. The first kappa shape index (κ1) is 9.58. The molecule has 2 heterocycles. The Bertz CT molecular complexity index is 490. The largest absolute Gasteiger partial charge is 0.261 e. The third-order valence-electron chi connectivity index (χ3n) is 3.13. The van der Waals surface area contributed by atoms with Crippen molar-refractivity contribution in [2.45, 2.75) is 32.6 Å². The maximum absolute atomic E-state index is 4.65. The zero-order valence-corrected chi connectivity index (χ0v) is 9.48. The van der Waals surface area contributed by atoms with Gasteiger partial charge in [0.05, 0.1) is 11.4 Å². The molecule has 0 saturated carbocycles. The van der Waals surface area contributed by atoms with E-state index in [9.17, 15) is 0 Å². The Balaban J connectivity index is 2.03. The van der Waals surface area contributed by atoms with Crippen LogP contribution in [-0.4, -0.2) is 14.8 Å². The van der Waals surface area contributed by atoms with Gasteiger partial charge in [0.25, 0.3) is 0 Å². The number of hydrogen-bond donors (Lipinski definition) is 0. The van der Waals surface area contributed by atoms with Crippen molar-refractivity contribution in [2.75, 3.05) is 0 Å². The Morgan fingerprint density at radius 1 is 1.25 bits per heavy atom. The molecule has 82 valence electrons. The molecule has 0 spiro atoms. The van der Waals surface area contributed by atoms with Crippen molar-refractivity contribution in [3.05, 3.63) is 41.5 Å². The average Bonchev–Trinajstić information content (AvgIpc) is 2.72. The highest BCUT2D eigenvalue weighted by Gasteiger charge is 2.13. The highest BCUT2D eigenvalue weighted by molar-refractivity contribution is 5.33. The molecule has 0 N–H and O–H groups in total. The maximum atomic E-state index is 4.65. The molecule has 0 radical (unpaired) electrons. The predicted octanol–water partition coefficient (Wildman–Crippen LogP) is 2.45. The van der Waals surface area contributed by atoms with Crippen molar-refractivity contribution in [3.8, 4) is 5.69 Å². The van der Waals surface area contributed by atoms with Gasteiger partial charge in [-0.05, 0) is 50.3 Å². The van der Waals surface area contributed by atoms with Crippen molar-refractivity contribution in [3.63, 3.8) is 0 Å². The Morgan fingerprint density at radius 3 is 2.94 bits per heavy atom. The van der Waals surface area contributed by atoms with Crippen LogP contribution in [0.3, 0.4) is 0 Å². The SMILES string of the molecule is Cc1cc(-n2cc3c(n2)CCCC3)ccn1. The predicted molar refractivity (Wildman–Crippen MR) is 62.7 cm³/mol. The molecule has 0 aromatic carbocycles. The lowest BCUT2D eigenvalue weighted by atomic mass is 9.99. The van der Waals surface area contributed by atoms with E-state index in [0.29, 0.717) is 0 Å². The van der Waals surface area contributed by atoms with Gasteiger partial charge in [-0.1, -0.05) is 0 Å². The van der Waals surface area contributed by atoms with Crippen molar-refractivity contribution < 1.29 is 0 Å². The molecule has 0 atom stereocenters. The summed E-state index contributed by atoms with van der Waals surface area (Å²) in [5.41, 5.74) is 4.84. The monoisotopic (exact) mass is 213 g/mol. The van der Waals surface area contributed by atoms with Gasteiger partial charge in [0.15, 0.2) is 0 Å². The van der Waals surface area contributed by atoms with E-state index in [-0.39, 0.29) is 0 Å². The van der Waals surface area contributed by atoms with Crippen LogP contribution in [0.1, 0.15) is 29.8 Å². The average molecular weight is 213 g/mol. The molecule has 0 fully saturated rings. The standard InChI is InChI=1S/C13H15N3/c1-10-8-12(6-7-14-10)16-9-11-4-2-3-5-13(11)15-16/h6-9H,2-5H2,1H3. The van der Waals surface area contributed by atoms with Crippen molar-refractivity contribution in [1.82, 2.24) is 14.8 Å². The molecular formula is C13H15N3. The van der Waals surface area contributed by atoms with Gasteiger partial charge in [-0.3, -0.25) is 4.98 Å². The van der Waals surface area contributed by atoms with E-state index in [4.69, 9.17) is 0 Å². The van der Waals surface area contributed by atoms with Crippen LogP contribution in [0.2, 0.25) is 0 Å². The zero-order chi connectivity index (χ0) is 11.0.